The zero-order chi connectivity index (χ0) is 20.3. The summed E-state index contributed by atoms with van der Waals surface area (Å²) in [5.41, 5.74) is 2.87. The fraction of sp³-hybridized carbons (Fsp3) is 0.409. The van der Waals surface area contributed by atoms with Crippen LogP contribution in [0.25, 0.3) is 0 Å². The fourth-order valence-corrected chi connectivity index (χ4v) is 3.58. The van der Waals surface area contributed by atoms with Crippen molar-refractivity contribution in [1.82, 2.24) is 0 Å². The van der Waals surface area contributed by atoms with Crippen LogP contribution in [0, 0.1) is 19.7 Å². The van der Waals surface area contributed by atoms with E-state index in [-0.39, 0.29) is 30.5 Å². The van der Waals surface area contributed by atoms with Crippen LogP contribution in [-0.4, -0.2) is 37.8 Å². The third kappa shape index (κ3) is 4.81. The van der Waals surface area contributed by atoms with Gasteiger partial charge >= 0.3 is 0 Å². The van der Waals surface area contributed by atoms with Crippen molar-refractivity contribution in [3.8, 4) is 5.75 Å². The minimum atomic E-state index is -0.366. The van der Waals surface area contributed by atoms with Gasteiger partial charge in [0.25, 0.3) is 5.91 Å². The number of para-hydroxylation sites is 1. The van der Waals surface area contributed by atoms with Gasteiger partial charge in [-0.25, -0.2) is 4.39 Å². The third-order valence-electron chi connectivity index (χ3n) is 4.75. The summed E-state index contributed by atoms with van der Waals surface area (Å²) in [5, 5.41) is 2.69. The highest BCUT2D eigenvalue weighted by Gasteiger charge is 2.24. The minimum Gasteiger partial charge on any atom is -0.483 e. The Morgan fingerprint density at radius 3 is 2.43 bits per heavy atom. The van der Waals surface area contributed by atoms with Gasteiger partial charge in [0, 0.05) is 18.8 Å². The van der Waals surface area contributed by atoms with Gasteiger partial charge in [-0.2, -0.15) is 0 Å². The zero-order valence-corrected chi connectivity index (χ0v) is 16.8. The molecule has 1 heterocycles. The SMILES string of the molecule is Cc1cccc(C)c1OCC(=O)Nc1ccc(N2CC(C)OC(C)C2)c(F)c1. The Bertz CT molecular complexity index is 825. The summed E-state index contributed by atoms with van der Waals surface area (Å²) in [5.74, 6) is 0.00734. The first kappa shape index (κ1) is 20.1. The number of morpholine rings is 1. The molecular formula is C22H27FN2O3. The second-order valence-electron chi connectivity index (χ2n) is 7.39. The van der Waals surface area contributed by atoms with E-state index >= 15 is 0 Å². The van der Waals surface area contributed by atoms with Gasteiger partial charge in [0.2, 0.25) is 0 Å². The molecule has 0 spiro atoms. The van der Waals surface area contributed by atoms with Crippen LogP contribution in [0.3, 0.4) is 0 Å². The molecule has 2 aromatic carbocycles. The summed E-state index contributed by atoms with van der Waals surface area (Å²) in [6.07, 6.45) is 0.0918. The van der Waals surface area contributed by atoms with Crippen molar-refractivity contribution < 1.29 is 18.7 Å². The number of amides is 1. The van der Waals surface area contributed by atoms with Gasteiger partial charge < -0.3 is 19.7 Å². The van der Waals surface area contributed by atoms with Crippen LogP contribution in [0.15, 0.2) is 36.4 Å². The van der Waals surface area contributed by atoms with Crippen LogP contribution in [-0.2, 0) is 9.53 Å². The van der Waals surface area contributed by atoms with Crippen molar-refractivity contribution in [2.24, 2.45) is 0 Å². The Balaban J connectivity index is 1.62. The highest BCUT2D eigenvalue weighted by molar-refractivity contribution is 5.92. The van der Waals surface area contributed by atoms with E-state index < -0.39 is 0 Å². The van der Waals surface area contributed by atoms with Crippen LogP contribution in [0.2, 0.25) is 0 Å². The van der Waals surface area contributed by atoms with Gasteiger partial charge in [-0.05, 0) is 57.0 Å². The summed E-state index contributed by atoms with van der Waals surface area (Å²) in [7, 11) is 0. The Labute approximate surface area is 165 Å². The van der Waals surface area contributed by atoms with Gasteiger partial charge in [0.15, 0.2) is 6.61 Å². The molecule has 1 fully saturated rings. The molecular weight excluding hydrogens is 359 g/mol. The lowest BCUT2D eigenvalue weighted by Gasteiger charge is -2.37. The van der Waals surface area contributed by atoms with Crippen LogP contribution in [0.4, 0.5) is 15.8 Å². The average Bonchev–Trinajstić information content (AvgIpc) is 2.60. The van der Waals surface area contributed by atoms with E-state index in [1.165, 1.54) is 6.07 Å². The Kier molecular flexibility index (Phi) is 6.19. The quantitative estimate of drug-likeness (QED) is 0.842. The van der Waals surface area contributed by atoms with Crippen molar-refractivity contribution in [2.75, 3.05) is 29.9 Å². The fourth-order valence-electron chi connectivity index (χ4n) is 3.58. The van der Waals surface area contributed by atoms with E-state index in [9.17, 15) is 9.18 Å². The second kappa shape index (κ2) is 8.61. The maximum absolute atomic E-state index is 14.6. The summed E-state index contributed by atoms with van der Waals surface area (Å²) >= 11 is 0. The topological polar surface area (TPSA) is 50.8 Å². The van der Waals surface area contributed by atoms with E-state index in [1.807, 2.05) is 50.8 Å². The maximum atomic E-state index is 14.6. The molecule has 5 nitrogen and oxygen atoms in total. The number of hydrogen-bond donors (Lipinski definition) is 1. The lowest BCUT2D eigenvalue weighted by Crippen LogP contribution is -2.45. The minimum absolute atomic E-state index is 0.0459. The molecule has 150 valence electrons. The van der Waals surface area contributed by atoms with Crippen LogP contribution >= 0.6 is 0 Å². The molecule has 0 saturated carbocycles. The van der Waals surface area contributed by atoms with Gasteiger partial charge in [0.1, 0.15) is 11.6 Å². The number of aryl methyl sites for hydroxylation is 2. The second-order valence-corrected chi connectivity index (χ2v) is 7.39. The maximum Gasteiger partial charge on any atom is 0.262 e. The van der Waals surface area contributed by atoms with Crippen LogP contribution < -0.4 is 15.0 Å². The first-order valence-corrected chi connectivity index (χ1v) is 9.52. The number of halogens is 1. The summed E-state index contributed by atoms with van der Waals surface area (Å²) in [4.78, 5) is 14.2. The first-order valence-electron chi connectivity index (χ1n) is 9.52. The summed E-state index contributed by atoms with van der Waals surface area (Å²) in [6, 6.07) is 10.6. The molecule has 0 aliphatic carbocycles. The van der Waals surface area contributed by atoms with Crippen molar-refractivity contribution in [2.45, 2.75) is 39.9 Å². The Morgan fingerprint density at radius 2 is 1.82 bits per heavy atom. The van der Waals surface area contributed by atoms with Crippen LogP contribution in [0.5, 0.6) is 5.75 Å². The van der Waals surface area contributed by atoms with E-state index in [4.69, 9.17) is 9.47 Å². The molecule has 1 saturated heterocycles. The molecule has 2 unspecified atom stereocenters. The molecule has 3 rings (SSSR count). The van der Waals surface area contributed by atoms with E-state index in [1.54, 1.807) is 12.1 Å². The third-order valence-corrected chi connectivity index (χ3v) is 4.75. The Morgan fingerprint density at radius 1 is 1.18 bits per heavy atom. The number of nitrogens with one attached hydrogen (secondary N) is 1. The van der Waals surface area contributed by atoms with Gasteiger partial charge in [-0.3, -0.25) is 4.79 Å². The summed E-state index contributed by atoms with van der Waals surface area (Å²) in [6.45, 7) is 8.96. The van der Waals surface area contributed by atoms with Crippen molar-refractivity contribution >= 4 is 17.3 Å². The monoisotopic (exact) mass is 386 g/mol. The largest absolute Gasteiger partial charge is 0.483 e. The molecule has 6 heteroatoms. The molecule has 1 N–H and O–H groups in total. The van der Waals surface area contributed by atoms with E-state index in [0.717, 1.165) is 11.1 Å². The number of anilines is 2. The molecule has 0 aromatic heterocycles. The molecule has 28 heavy (non-hydrogen) atoms. The lowest BCUT2D eigenvalue weighted by atomic mass is 10.1. The molecule has 0 bridgehead atoms. The molecule has 1 amide bonds. The molecule has 2 aromatic rings. The van der Waals surface area contributed by atoms with Gasteiger partial charge in [0.05, 0.1) is 17.9 Å². The highest BCUT2D eigenvalue weighted by Crippen LogP contribution is 2.26. The molecule has 2 atom stereocenters. The smallest absolute Gasteiger partial charge is 0.262 e. The van der Waals surface area contributed by atoms with E-state index in [0.29, 0.717) is 30.2 Å². The zero-order valence-electron chi connectivity index (χ0n) is 16.8. The lowest BCUT2D eigenvalue weighted by molar-refractivity contribution is -0.118. The number of ether oxygens (including phenoxy) is 2. The molecule has 0 radical (unpaired) electrons. The van der Waals surface area contributed by atoms with Crippen molar-refractivity contribution in [3.05, 3.63) is 53.3 Å². The highest BCUT2D eigenvalue weighted by atomic mass is 19.1. The standard InChI is InChI=1S/C22H27FN2O3/c1-14-6-5-7-15(2)22(14)27-13-21(26)24-18-8-9-20(19(23)10-18)25-11-16(3)28-17(4)12-25/h5-10,16-17H,11-13H2,1-4H3,(H,24,26). The summed E-state index contributed by atoms with van der Waals surface area (Å²) < 4.78 is 26.0. The predicted molar refractivity (Wildman–Crippen MR) is 109 cm³/mol. The molecule has 1 aliphatic heterocycles. The van der Waals surface area contributed by atoms with Crippen LogP contribution in [0.1, 0.15) is 25.0 Å². The predicted octanol–water partition coefficient (Wildman–Crippen LogP) is 4.07. The number of rotatable bonds is 5. The van der Waals surface area contributed by atoms with Crippen molar-refractivity contribution in [3.63, 3.8) is 0 Å². The van der Waals surface area contributed by atoms with Crippen molar-refractivity contribution in [1.29, 1.82) is 0 Å². The molecule has 1 aliphatic rings. The number of benzene rings is 2. The number of nitrogens with zero attached hydrogens (tertiary/aromatic N) is 1. The number of carbonyl (C=O) groups is 1. The van der Waals surface area contributed by atoms with E-state index in [2.05, 4.69) is 5.32 Å². The first-order chi connectivity index (χ1) is 13.3. The van der Waals surface area contributed by atoms with Gasteiger partial charge in [-0.15, -0.1) is 0 Å². The normalized spacial score (nSPS) is 19.4. The van der Waals surface area contributed by atoms with Gasteiger partial charge in [-0.1, -0.05) is 18.2 Å². The number of carbonyl (C=O) groups excluding carboxylic acids is 1. The Hall–Kier alpha value is -2.60. The average molecular weight is 386 g/mol. The number of hydrogen-bond acceptors (Lipinski definition) is 4.